The molecule has 0 aliphatic carbocycles. The van der Waals surface area contributed by atoms with Crippen molar-refractivity contribution in [3.05, 3.63) is 18.2 Å². The highest BCUT2D eigenvalue weighted by Gasteiger charge is 2.37. The predicted molar refractivity (Wildman–Crippen MR) is 108 cm³/mol. The Bertz CT molecular complexity index is 598. The quantitative estimate of drug-likeness (QED) is 0.743. The van der Waals surface area contributed by atoms with E-state index in [1.165, 1.54) is 6.42 Å². The van der Waals surface area contributed by atoms with Gasteiger partial charge in [-0.1, -0.05) is 0 Å². The molecule has 1 N–H and O–H groups in total. The molecule has 1 spiro atoms. The van der Waals surface area contributed by atoms with E-state index in [1.807, 2.05) is 18.2 Å². The standard InChI is InChI=1S/C19H28N2O3S.ClH/c1-23-16-4-3-15(13-17(16)24-2)25-12-5-18(22)21-10-7-19(8-11-21)6-9-20-14-19;/h3-4,13,20H,5-12,14H2,1-2H3;1H. The summed E-state index contributed by atoms with van der Waals surface area (Å²) in [4.78, 5) is 15.6. The average molecular weight is 401 g/mol. The molecule has 7 heteroatoms. The Morgan fingerprint density at radius 3 is 2.54 bits per heavy atom. The van der Waals surface area contributed by atoms with E-state index in [2.05, 4.69) is 10.2 Å². The summed E-state index contributed by atoms with van der Waals surface area (Å²) in [6, 6.07) is 5.88. The lowest BCUT2D eigenvalue weighted by molar-refractivity contribution is -0.132. The number of carbonyl (C=O) groups excluding carboxylic acids is 1. The van der Waals surface area contributed by atoms with E-state index in [0.29, 0.717) is 11.8 Å². The molecule has 0 atom stereocenters. The molecular formula is C19H29ClN2O3S. The monoisotopic (exact) mass is 400 g/mol. The number of nitrogens with zero attached hydrogens (tertiary/aromatic N) is 1. The van der Waals surface area contributed by atoms with Gasteiger partial charge in [-0.05, 0) is 49.4 Å². The molecule has 2 fully saturated rings. The van der Waals surface area contributed by atoms with Gasteiger partial charge >= 0.3 is 0 Å². The van der Waals surface area contributed by atoms with Gasteiger partial charge in [0.05, 0.1) is 14.2 Å². The number of likely N-dealkylation sites (tertiary alicyclic amines) is 1. The maximum Gasteiger partial charge on any atom is 0.223 e. The number of ether oxygens (including phenoxy) is 2. The second kappa shape index (κ2) is 9.72. The summed E-state index contributed by atoms with van der Waals surface area (Å²) in [6.45, 7) is 4.10. The van der Waals surface area contributed by atoms with Gasteiger partial charge in [0.1, 0.15) is 0 Å². The number of carbonyl (C=O) groups is 1. The van der Waals surface area contributed by atoms with Crippen molar-refractivity contribution in [3.63, 3.8) is 0 Å². The molecule has 2 aliphatic heterocycles. The normalized spacial score (nSPS) is 18.5. The Labute approximate surface area is 166 Å². The van der Waals surface area contributed by atoms with Crippen LogP contribution in [0.1, 0.15) is 25.7 Å². The van der Waals surface area contributed by atoms with Gasteiger partial charge < -0.3 is 19.7 Å². The van der Waals surface area contributed by atoms with E-state index < -0.39 is 0 Å². The van der Waals surface area contributed by atoms with Crippen molar-refractivity contribution in [3.8, 4) is 11.5 Å². The first-order valence-electron chi connectivity index (χ1n) is 8.99. The van der Waals surface area contributed by atoms with Gasteiger partial charge in [-0.2, -0.15) is 0 Å². The summed E-state index contributed by atoms with van der Waals surface area (Å²) >= 11 is 1.69. The number of methoxy groups -OCH3 is 2. The highest BCUT2D eigenvalue weighted by molar-refractivity contribution is 7.99. The molecule has 2 aliphatic rings. The Morgan fingerprint density at radius 1 is 1.19 bits per heavy atom. The van der Waals surface area contributed by atoms with Crippen LogP contribution >= 0.6 is 24.2 Å². The minimum absolute atomic E-state index is 0. The zero-order valence-electron chi connectivity index (χ0n) is 15.6. The van der Waals surface area contributed by atoms with E-state index in [9.17, 15) is 4.79 Å². The second-order valence-electron chi connectivity index (χ2n) is 6.92. The van der Waals surface area contributed by atoms with E-state index in [-0.39, 0.29) is 18.3 Å². The second-order valence-corrected chi connectivity index (χ2v) is 8.09. The van der Waals surface area contributed by atoms with E-state index in [0.717, 1.165) is 61.2 Å². The number of rotatable bonds is 6. The van der Waals surface area contributed by atoms with Crippen molar-refractivity contribution in [1.82, 2.24) is 10.2 Å². The fourth-order valence-electron chi connectivity index (χ4n) is 3.77. The minimum Gasteiger partial charge on any atom is -0.493 e. The van der Waals surface area contributed by atoms with Crippen LogP contribution < -0.4 is 14.8 Å². The zero-order valence-corrected chi connectivity index (χ0v) is 17.2. The summed E-state index contributed by atoms with van der Waals surface area (Å²) in [5, 5.41) is 3.47. The topological polar surface area (TPSA) is 50.8 Å². The van der Waals surface area contributed by atoms with Crippen molar-refractivity contribution in [2.24, 2.45) is 5.41 Å². The number of nitrogens with one attached hydrogen (secondary N) is 1. The molecule has 146 valence electrons. The van der Waals surface area contributed by atoms with Crippen LogP contribution in [0, 0.1) is 5.41 Å². The van der Waals surface area contributed by atoms with Gasteiger partial charge in [0, 0.05) is 36.7 Å². The third-order valence-electron chi connectivity index (χ3n) is 5.45. The van der Waals surface area contributed by atoms with Gasteiger partial charge in [0.2, 0.25) is 5.91 Å². The van der Waals surface area contributed by atoms with Crippen LogP contribution in [0.5, 0.6) is 11.5 Å². The summed E-state index contributed by atoms with van der Waals surface area (Å²) in [5.41, 5.74) is 0.463. The Balaban J connectivity index is 0.00000243. The summed E-state index contributed by atoms with van der Waals surface area (Å²) in [7, 11) is 3.27. The first-order valence-corrected chi connectivity index (χ1v) is 9.98. The van der Waals surface area contributed by atoms with Gasteiger partial charge in [-0.3, -0.25) is 4.79 Å². The maximum atomic E-state index is 12.5. The van der Waals surface area contributed by atoms with Crippen molar-refractivity contribution < 1.29 is 14.3 Å². The Morgan fingerprint density at radius 2 is 1.92 bits per heavy atom. The van der Waals surface area contributed by atoms with Crippen LogP contribution in [-0.4, -0.2) is 57.0 Å². The number of hydrogen-bond acceptors (Lipinski definition) is 5. The first-order chi connectivity index (χ1) is 12.2. The molecule has 1 aromatic rings. The largest absolute Gasteiger partial charge is 0.493 e. The van der Waals surface area contributed by atoms with Crippen molar-refractivity contribution in [2.75, 3.05) is 46.2 Å². The number of benzene rings is 1. The minimum atomic E-state index is 0. The van der Waals surface area contributed by atoms with Crippen molar-refractivity contribution in [1.29, 1.82) is 0 Å². The smallest absolute Gasteiger partial charge is 0.223 e. The van der Waals surface area contributed by atoms with Crippen LogP contribution in [0.4, 0.5) is 0 Å². The Kier molecular flexibility index (Phi) is 7.92. The van der Waals surface area contributed by atoms with E-state index in [1.54, 1.807) is 26.0 Å². The molecule has 0 unspecified atom stereocenters. The average Bonchev–Trinajstić information content (AvgIpc) is 3.10. The van der Waals surface area contributed by atoms with Crippen LogP contribution in [0.15, 0.2) is 23.1 Å². The highest BCUT2D eigenvalue weighted by Crippen LogP contribution is 2.37. The van der Waals surface area contributed by atoms with Gasteiger partial charge in [-0.15, -0.1) is 24.2 Å². The van der Waals surface area contributed by atoms with Gasteiger partial charge in [-0.25, -0.2) is 0 Å². The molecule has 3 rings (SSSR count). The predicted octanol–water partition coefficient (Wildman–Crippen LogP) is 3.21. The van der Waals surface area contributed by atoms with E-state index in [4.69, 9.17) is 9.47 Å². The first kappa shape index (κ1) is 21.2. The number of amides is 1. The number of halogens is 1. The van der Waals surface area contributed by atoms with Crippen molar-refractivity contribution in [2.45, 2.75) is 30.6 Å². The van der Waals surface area contributed by atoms with Crippen LogP contribution in [0.2, 0.25) is 0 Å². The van der Waals surface area contributed by atoms with Crippen molar-refractivity contribution >= 4 is 30.1 Å². The van der Waals surface area contributed by atoms with Crippen LogP contribution in [0.3, 0.4) is 0 Å². The molecule has 0 radical (unpaired) electrons. The third kappa shape index (κ3) is 4.99. The molecule has 0 aromatic heterocycles. The molecule has 2 heterocycles. The van der Waals surface area contributed by atoms with Crippen LogP contribution in [0.25, 0.3) is 0 Å². The zero-order chi connectivity index (χ0) is 17.7. The lowest BCUT2D eigenvalue weighted by atomic mass is 9.78. The molecule has 26 heavy (non-hydrogen) atoms. The number of thioether (sulfide) groups is 1. The lowest BCUT2D eigenvalue weighted by Gasteiger charge is -2.39. The van der Waals surface area contributed by atoms with E-state index >= 15 is 0 Å². The van der Waals surface area contributed by atoms with Gasteiger partial charge in [0.25, 0.3) is 0 Å². The maximum absolute atomic E-state index is 12.5. The fourth-order valence-corrected chi connectivity index (χ4v) is 4.64. The molecule has 0 bridgehead atoms. The molecule has 5 nitrogen and oxygen atoms in total. The molecule has 1 aromatic carbocycles. The lowest BCUT2D eigenvalue weighted by Crippen LogP contribution is -2.44. The number of piperidine rings is 1. The molecule has 2 saturated heterocycles. The number of hydrogen-bond donors (Lipinski definition) is 1. The molecule has 1 amide bonds. The Hall–Kier alpha value is -1.11. The summed E-state index contributed by atoms with van der Waals surface area (Å²) < 4.78 is 10.6. The SMILES string of the molecule is COc1ccc(SCCC(=O)N2CCC3(CCNC3)CC2)cc1OC.Cl. The summed E-state index contributed by atoms with van der Waals surface area (Å²) in [5.74, 6) is 2.53. The van der Waals surface area contributed by atoms with Gasteiger partial charge in [0.15, 0.2) is 11.5 Å². The van der Waals surface area contributed by atoms with Crippen LogP contribution in [-0.2, 0) is 4.79 Å². The molecular weight excluding hydrogens is 372 g/mol. The summed E-state index contributed by atoms with van der Waals surface area (Å²) in [6.07, 6.45) is 4.15. The highest BCUT2D eigenvalue weighted by atomic mass is 35.5. The fraction of sp³-hybridized carbons (Fsp3) is 0.632. The molecule has 0 saturated carbocycles. The third-order valence-corrected chi connectivity index (χ3v) is 6.44.